The fraction of sp³-hybridized carbons (Fsp3) is 0.200. The molecular formula is C10H8Cl2N2O2S. The van der Waals surface area contributed by atoms with E-state index in [1.54, 1.807) is 13.1 Å². The molecule has 0 unspecified atom stereocenters. The predicted molar refractivity (Wildman–Crippen MR) is 67.5 cm³/mol. The van der Waals surface area contributed by atoms with Crippen molar-refractivity contribution in [3.05, 3.63) is 32.2 Å². The number of nitrogens with zero attached hydrogens (tertiary/aromatic N) is 2. The molecule has 0 aliphatic heterocycles. The van der Waals surface area contributed by atoms with Gasteiger partial charge >= 0.3 is 0 Å². The van der Waals surface area contributed by atoms with Crippen LogP contribution in [-0.4, -0.2) is 22.7 Å². The molecule has 90 valence electrons. The molecule has 0 fully saturated rings. The molecule has 2 rings (SSSR count). The van der Waals surface area contributed by atoms with Gasteiger partial charge in [-0.15, -0.1) is 11.3 Å². The van der Waals surface area contributed by atoms with Gasteiger partial charge in [-0.25, -0.2) is 0 Å². The molecule has 2 heterocycles. The number of hydrogen-bond acceptors (Lipinski definition) is 4. The third kappa shape index (κ3) is 2.18. The van der Waals surface area contributed by atoms with Crippen molar-refractivity contribution in [1.82, 2.24) is 9.78 Å². The lowest BCUT2D eigenvalue weighted by Crippen LogP contribution is -2.09. The van der Waals surface area contributed by atoms with Gasteiger partial charge in [0.1, 0.15) is 4.34 Å². The first-order valence-electron chi connectivity index (χ1n) is 4.60. The van der Waals surface area contributed by atoms with Crippen LogP contribution in [0.4, 0.5) is 0 Å². The van der Waals surface area contributed by atoms with Crippen molar-refractivity contribution in [2.45, 2.75) is 0 Å². The normalized spacial score (nSPS) is 10.6. The SMILES string of the molecule is COc1cnn(C)c1C(=O)c1cc(Cl)sc1Cl. The summed E-state index contributed by atoms with van der Waals surface area (Å²) < 4.78 is 7.36. The van der Waals surface area contributed by atoms with Crippen LogP contribution < -0.4 is 4.74 Å². The van der Waals surface area contributed by atoms with Crippen LogP contribution in [0.1, 0.15) is 16.1 Å². The molecule has 0 aromatic carbocycles. The van der Waals surface area contributed by atoms with E-state index in [1.807, 2.05) is 0 Å². The number of aromatic nitrogens is 2. The second kappa shape index (κ2) is 4.68. The van der Waals surface area contributed by atoms with Crippen molar-refractivity contribution < 1.29 is 9.53 Å². The van der Waals surface area contributed by atoms with Gasteiger partial charge in [-0.2, -0.15) is 5.10 Å². The number of ether oxygens (including phenoxy) is 1. The summed E-state index contributed by atoms with van der Waals surface area (Å²) in [5.41, 5.74) is 0.715. The molecule has 0 atom stereocenters. The van der Waals surface area contributed by atoms with E-state index >= 15 is 0 Å². The summed E-state index contributed by atoms with van der Waals surface area (Å²) in [6.07, 6.45) is 1.48. The molecule has 7 heteroatoms. The Morgan fingerprint density at radius 2 is 2.24 bits per heavy atom. The molecule has 2 aromatic heterocycles. The number of carbonyl (C=O) groups excluding carboxylic acids is 1. The zero-order chi connectivity index (χ0) is 12.6. The van der Waals surface area contributed by atoms with Crippen molar-refractivity contribution in [3.8, 4) is 5.75 Å². The quantitative estimate of drug-likeness (QED) is 0.816. The molecule has 0 radical (unpaired) electrons. The standard InChI is InChI=1S/C10H8Cl2N2O2S/c1-14-8(6(16-2)4-13-14)9(15)5-3-7(11)17-10(5)12/h3-4H,1-2H3. The number of hydrogen-bond donors (Lipinski definition) is 0. The Kier molecular flexibility index (Phi) is 3.42. The van der Waals surface area contributed by atoms with E-state index in [1.165, 1.54) is 18.0 Å². The Balaban J connectivity index is 2.50. The molecule has 0 N–H and O–H groups in total. The second-order valence-electron chi connectivity index (χ2n) is 3.25. The highest BCUT2D eigenvalue weighted by Crippen LogP contribution is 2.33. The van der Waals surface area contributed by atoms with Gasteiger partial charge in [-0.3, -0.25) is 9.48 Å². The summed E-state index contributed by atoms with van der Waals surface area (Å²) in [6.45, 7) is 0. The van der Waals surface area contributed by atoms with Crippen LogP contribution in [0, 0.1) is 0 Å². The Bertz CT molecular complexity index is 577. The molecule has 0 saturated heterocycles. The summed E-state index contributed by atoms with van der Waals surface area (Å²) in [7, 11) is 3.15. The van der Waals surface area contributed by atoms with Gasteiger partial charge in [0.2, 0.25) is 5.78 Å². The molecule has 0 amide bonds. The van der Waals surface area contributed by atoms with E-state index in [9.17, 15) is 4.79 Å². The van der Waals surface area contributed by atoms with E-state index in [2.05, 4.69) is 5.10 Å². The summed E-state index contributed by atoms with van der Waals surface area (Å²) in [6, 6.07) is 1.54. The third-order valence-electron chi connectivity index (χ3n) is 2.24. The maximum atomic E-state index is 12.3. The topological polar surface area (TPSA) is 44.1 Å². The number of halogens is 2. The largest absolute Gasteiger partial charge is 0.493 e. The molecule has 0 spiro atoms. The lowest BCUT2D eigenvalue weighted by molar-refractivity contribution is 0.102. The van der Waals surface area contributed by atoms with Gasteiger partial charge in [0.05, 0.1) is 23.2 Å². The van der Waals surface area contributed by atoms with Gasteiger partial charge < -0.3 is 4.74 Å². The lowest BCUT2D eigenvalue weighted by atomic mass is 10.1. The minimum absolute atomic E-state index is 0.255. The highest BCUT2D eigenvalue weighted by molar-refractivity contribution is 7.20. The van der Waals surface area contributed by atoms with Crippen LogP contribution in [0.5, 0.6) is 5.75 Å². The molecule has 4 nitrogen and oxygen atoms in total. The van der Waals surface area contributed by atoms with Crippen molar-refractivity contribution in [1.29, 1.82) is 0 Å². The van der Waals surface area contributed by atoms with Crippen molar-refractivity contribution in [2.24, 2.45) is 7.05 Å². The zero-order valence-corrected chi connectivity index (χ0v) is 11.4. The number of thiophene rings is 1. The summed E-state index contributed by atoms with van der Waals surface area (Å²) in [4.78, 5) is 12.3. The van der Waals surface area contributed by atoms with Gasteiger partial charge in [0, 0.05) is 7.05 Å². The van der Waals surface area contributed by atoms with Gasteiger partial charge in [0.25, 0.3) is 0 Å². The third-order valence-corrected chi connectivity index (χ3v) is 3.73. The summed E-state index contributed by atoms with van der Waals surface area (Å²) in [5, 5.41) is 3.97. The van der Waals surface area contributed by atoms with Crippen LogP contribution in [0.25, 0.3) is 0 Å². The fourth-order valence-corrected chi connectivity index (χ4v) is 2.91. The number of methoxy groups -OCH3 is 1. The second-order valence-corrected chi connectivity index (χ2v) is 5.54. The van der Waals surface area contributed by atoms with Crippen LogP contribution in [0.15, 0.2) is 12.3 Å². The molecule has 0 bridgehead atoms. The Morgan fingerprint density at radius 1 is 1.53 bits per heavy atom. The smallest absolute Gasteiger partial charge is 0.217 e. The minimum atomic E-state index is -0.255. The number of carbonyl (C=O) groups is 1. The van der Waals surface area contributed by atoms with Crippen LogP contribution >= 0.6 is 34.5 Å². The fourth-order valence-electron chi connectivity index (χ4n) is 1.45. The van der Waals surface area contributed by atoms with Gasteiger partial charge in [-0.05, 0) is 6.07 Å². The highest BCUT2D eigenvalue weighted by atomic mass is 35.5. The van der Waals surface area contributed by atoms with E-state index in [-0.39, 0.29) is 5.78 Å². The van der Waals surface area contributed by atoms with E-state index in [0.717, 1.165) is 11.3 Å². The summed E-state index contributed by atoms with van der Waals surface area (Å²) >= 11 is 12.9. The molecule has 0 aliphatic carbocycles. The monoisotopic (exact) mass is 290 g/mol. The minimum Gasteiger partial charge on any atom is -0.493 e. The number of rotatable bonds is 3. The molecular weight excluding hydrogens is 283 g/mol. The molecule has 0 saturated carbocycles. The maximum Gasteiger partial charge on any atom is 0.217 e. The highest BCUT2D eigenvalue weighted by Gasteiger charge is 2.23. The summed E-state index contributed by atoms with van der Waals surface area (Å²) in [5.74, 6) is 0.158. The van der Waals surface area contributed by atoms with Crippen LogP contribution in [0.2, 0.25) is 8.67 Å². The lowest BCUT2D eigenvalue weighted by Gasteiger charge is -2.03. The van der Waals surface area contributed by atoms with Gasteiger partial charge in [-0.1, -0.05) is 23.2 Å². The molecule has 0 aliphatic rings. The van der Waals surface area contributed by atoms with Crippen molar-refractivity contribution in [2.75, 3.05) is 7.11 Å². The average Bonchev–Trinajstić information content (AvgIpc) is 2.80. The van der Waals surface area contributed by atoms with E-state index in [4.69, 9.17) is 27.9 Å². The van der Waals surface area contributed by atoms with Crippen LogP contribution in [0.3, 0.4) is 0 Å². The van der Waals surface area contributed by atoms with Crippen LogP contribution in [-0.2, 0) is 7.05 Å². The van der Waals surface area contributed by atoms with E-state index in [0.29, 0.717) is 25.7 Å². The van der Waals surface area contributed by atoms with Crippen molar-refractivity contribution >= 4 is 40.3 Å². The first kappa shape index (κ1) is 12.4. The number of aryl methyl sites for hydroxylation is 1. The Hall–Kier alpha value is -1.04. The predicted octanol–water partition coefficient (Wildman–Crippen LogP) is 3.03. The molecule has 17 heavy (non-hydrogen) atoms. The van der Waals surface area contributed by atoms with Crippen molar-refractivity contribution in [3.63, 3.8) is 0 Å². The van der Waals surface area contributed by atoms with Gasteiger partial charge in [0.15, 0.2) is 11.4 Å². The Labute approximate surface area is 112 Å². The Morgan fingerprint density at radius 3 is 2.76 bits per heavy atom. The average molecular weight is 291 g/mol. The van der Waals surface area contributed by atoms with E-state index < -0.39 is 0 Å². The first-order chi connectivity index (χ1) is 8.04. The first-order valence-corrected chi connectivity index (χ1v) is 6.17. The molecule has 2 aromatic rings. The number of ketones is 1. The zero-order valence-electron chi connectivity index (χ0n) is 9.03. The maximum absolute atomic E-state index is 12.3.